The number of hydrogen-bond donors (Lipinski definition) is 1. The van der Waals surface area contributed by atoms with Gasteiger partial charge in [-0.2, -0.15) is 0 Å². The zero-order valence-electron chi connectivity index (χ0n) is 11.1. The van der Waals surface area contributed by atoms with Gasteiger partial charge < -0.3 is 19.5 Å². The number of amides is 1. The van der Waals surface area contributed by atoms with Gasteiger partial charge in [-0.3, -0.25) is 0 Å². The van der Waals surface area contributed by atoms with Gasteiger partial charge in [-0.15, -0.1) is 0 Å². The average Bonchev–Trinajstić information content (AvgIpc) is 2.91. The molecule has 2 bridgehead atoms. The Hall–Kier alpha value is -0.810. The lowest BCUT2D eigenvalue weighted by Gasteiger charge is -2.25. The Balaban J connectivity index is 1.50. The molecule has 3 fully saturated rings. The van der Waals surface area contributed by atoms with Gasteiger partial charge in [-0.25, -0.2) is 4.79 Å². The van der Waals surface area contributed by atoms with Crippen LogP contribution in [0.5, 0.6) is 0 Å². The normalized spacial score (nSPS) is 41.2. The third kappa shape index (κ3) is 2.34. The highest BCUT2D eigenvalue weighted by Crippen LogP contribution is 2.48. The van der Waals surface area contributed by atoms with E-state index in [2.05, 4.69) is 5.32 Å². The van der Waals surface area contributed by atoms with Crippen molar-refractivity contribution in [1.82, 2.24) is 5.32 Å². The van der Waals surface area contributed by atoms with E-state index in [0.29, 0.717) is 24.5 Å². The summed E-state index contributed by atoms with van der Waals surface area (Å²) in [6.45, 7) is 7.02. The minimum atomic E-state index is -0.448. The molecule has 0 aromatic heterocycles. The number of epoxide rings is 1. The van der Waals surface area contributed by atoms with Gasteiger partial charge in [-0.05, 0) is 33.1 Å². The molecule has 5 atom stereocenters. The van der Waals surface area contributed by atoms with Crippen LogP contribution in [0.2, 0.25) is 0 Å². The fraction of sp³-hybridized carbons (Fsp3) is 0.923. The molecule has 0 aromatic carbocycles. The Morgan fingerprint density at radius 3 is 2.89 bits per heavy atom. The highest BCUT2D eigenvalue weighted by atomic mass is 16.6. The van der Waals surface area contributed by atoms with E-state index < -0.39 is 5.60 Å². The molecule has 2 aliphatic heterocycles. The minimum absolute atomic E-state index is 0.272. The summed E-state index contributed by atoms with van der Waals surface area (Å²) in [7, 11) is 0. The molecule has 0 spiro atoms. The Morgan fingerprint density at radius 2 is 2.17 bits per heavy atom. The molecule has 18 heavy (non-hydrogen) atoms. The van der Waals surface area contributed by atoms with E-state index in [1.807, 2.05) is 20.8 Å². The summed E-state index contributed by atoms with van der Waals surface area (Å²) < 4.78 is 16.6. The summed E-state index contributed by atoms with van der Waals surface area (Å²) in [5.74, 6) is 0.898. The number of fused-ring (bicyclic) bond motifs is 4. The van der Waals surface area contributed by atoms with E-state index in [4.69, 9.17) is 14.2 Å². The zero-order valence-corrected chi connectivity index (χ0v) is 11.1. The maximum absolute atomic E-state index is 11.6. The lowest BCUT2D eigenvalue weighted by atomic mass is 9.80. The van der Waals surface area contributed by atoms with Gasteiger partial charge in [0.2, 0.25) is 0 Å². The maximum Gasteiger partial charge on any atom is 0.407 e. The number of nitrogens with one attached hydrogen (secondary N) is 1. The second-order valence-electron chi connectivity index (χ2n) is 6.48. The van der Waals surface area contributed by atoms with Crippen LogP contribution < -0.4 is 5.32 Å². The van der Waals surface area contributed by atoms with Gasteiger partial charge in [0.25, 0.3) is 0 Å². The standard InChI is InChI=1S/C13H21NO4/c1-13(2,3)18-12(15)14-5-8-7-4-9(16-6-7)11-10(8)17-11/h7-11H,4-6H2,1-3H3,(H,14,15)/t7-,8+,9-,10?,11?/m0/s1. The first-order chi connectivity index (χ1) is 8.44. The molecule has 1 amide bonds. The van der Waals surface area contributed by atoms with E-state index in [1.54, 1.807) is 0 Å². The van der Waals surface area contributed by atoms with E-state index in [0.717, 1.165) is 13.0 Å². The van der Waals surface area contributed by atoms with Crippen LogP contribution in [0, 0.1) is 11.8 Å². The Bertz CT molecular complexity index is 351. The highest BCUT2D eigenvalue weighted by molar-refractivity contribution is 5.67. The van der Waals surface area contributed by atoms with Crippen LogP contribution in [0.15, 0.2) is 0 Å². The van der Waals surface area contributed by atoms with Gasteiger partial charge in [0, 0.05) is 12.5 Å². The fourth-order valence-electron chi connectivity index (χ4n) is 3.06. The van der Waals surface area contributed by atoms with Crippen LogP contribution in [-0.4, -0.2) is 43.2 Å². The van der Waals surface area contributed by atoms with Crippen LogP contribution in [0.4, 0.5) is 4.79 Å². The predicted molar refractivity (Wildman–Crippen MR) is 64.2 cm³/mol. The molecule has 0 aromatic rings. The molecule has 2 unspecified atom stereocenters. The number of rotatable bonds is 2. The van der Waals surface area contributed by atoms with Crippen molar-refractivity contribution < 1.29 is 19.0 Å². The monoisotopic (exact) mass is 255 g/mol. The molecule has 3 rings (SSSR count). The van der Waals surface area contributed by atoms with Crippen molar-refractivity contribution in [1.29, 1.82) is 0 Å². The van der Waals surface area contributed by atoms with Crippen LogP contribution >= 0.6 is 0 Å². The third-order valence-electron chi connectivity index (χ3n) is 3.90. The lowest BCUT2D eigenvalue weighted by molar-refractivity contribution is 0.0503. The van der Waals surface area contributed by atoms with Crippen molar-refractivity contribution in [2.75, 3.05) is 13.2 Å². The molecule has 5 nitrogen and oxygen atoms in total. The molecule has 2 heterocycles. The van der Waals surface area contributed by atoms with Crippen LogP contribution in [-0.2, 0) is 14.2 Å². The molecular formula is C13H21NO4. The first-order valence-electron chi connectivity index (χ1n) is 6.68. The maximum atomic E-state index is 11.6. The van der Waals surface area contributed by atoms with Gasteiger partial charge in [0.1, 0.15) is 11.7 Å². The second kappa shape index (κ2) is 4.10. The summed E-state index contributed by atoms with van der Waals surface area (Å²) in [6.07, 6.45) is 1.58. The number of carbonyl (C=O) groups excluding carboxylic acids is 1. The summed E-state index contributed by atoms with van der Waals surface area (Å²) in [5, 5.41) is 2.85. The van der Waals surface area contributed by atoms with Gasteiger partial charge in [-0.1, -0.05) is 0 Å². The van der Waals surface area contributed by atoms with E-state index in [9.17, 15) is 4.79 Å². The molecule has 102 valence electrons. The fourth-order valence-corrected chi connectivity index (χ4v) is 3.06. The Morgan fingerprint density at radius 1 is 1.39 bits per heavy atom. The van der Waals surface area contributed by atoms with Crippen LogP contribution in [0.1, 0.15) is 27.2 Å². The first-order valence-corrected chi connectivity index (χ1v) is 6.68. The lowest BCUT2D eigenvalue weighted by Crippen LogP contribution is -2.41. The predicted octanol–water partition coefficient (Wildman–Crippen LogP) is 1.31. The van der Waals surface area contributed by atoms with Crippen LogP contribution in [0.25, 0.3) is 0 Å². The van der Waals surface area contributed by atoms with E-state index >= 15 is 0 Å². The quantitative estimate of drug-likeness (QED) is 0.756. The third-order valence-corrected chi connectivity index (χ3v) is 3.90. The molecule has 1 saturated carbocycles. The smallest absolute Gasteiger partial charge is 0.407 e. The van der Waals surface area contributed by atoms with Gasteiger partial charge >= 0.3 is 6.09 Å². The SMILES string of the molecule is CC(C)(C)OC(=O)NC[C@H]1C2OC2[C@@H]2C[C@H]1CO2. The summed E-state index contributed by atoms with van der Waals surface area (Å²) in [5.41, 5.74) is -0.448. The minimum Gasteiger partial charge on any atom is -0.444 e. The topological polar surface area (TPSA) is 60.1 Å². The molecule has 0 radical (unpaired) electrons. The van der Waals surface area contributed by atoms with Gasteiger partial charge in [0.05, 0.1) is 18.8 Å². The average molecular weight is 255 g/mol. The molecule has 3 aliphatic rings. The van der Waals surface area contributed by atoms with Gasteiger partial charge in [0.15, 0.2) is 0 Å². The molecule has 5 heteroatoms. The number of hydrogen-bond acceptors (Lipinski definition) is 4. The number of alkyl carbamates (subject to hydrolysis) is 1. The van der Waals surface area contributed by atoms with Crippen molar-refractivity contribution in [3.63, 3.8) is 0 Å². The van der Waals surface area contributed by atoms with Crippen LogP contribution in [0.3, 0.4) is 0 Å². The molecular weight excluding hydrogens is 234 g/mol. The van der Waals surface area contributed by atoms with Crippen molar-refractivity contribution >= 4 is 6.09 Å². The first kappa shape index (κ1) is 12.2. The van der Waals surface area contributed by atoms with E-state index in [-0.39, 0.29) is 18.3 Å². The van der Waals surface area contributed by atoms with E-state index in [1.165, 1.54) is 0 Å². The van der Waals surface area contributed by atoms with Crippen molar-refractivity contribution in [3.05, 3.63) is 0 Å². The number of carbonyl (C=O) groups is 1. The Labute approximate surface area is 107 Å². The Kier molecular flexibility index (Phi) is 2.79. The molecule has 1 N–H and O–H groups in total. The molecule has 1 aliphatic carbocycles. The second-order valence-corrected chi connectivity index (χ2v) is 6.48. The summed E-state index contributed by atoms with van der Waals surface area (Å²) >= 11 is 0. The summed E-state index contributed by atoms with van der Waals surface area (Å²) in [4.78, 5) is 11.6. The van der Waals surface area contributed by atoms with Crippen molar-refractivity contribution in [3.8, 4) is 0 Å². The number of ether oxygens (including phenoxy) is 3. The van der Waals surface area contributed by atoms with Crippen molar-refractivity contribution in [2.24, 2.45) is 11.8 Å². The highest BCUT2D eigenvalue weighted by Gasteiger charge is 2.59. The zero-order chi connectivity index (χ0) is 12.9. The molecule has 2 saturated heterocycles. The summed E-state index contributed by atoms with van der Waals surface area (Å²) in [6, 6.07) is 0. The largest absolute Gasteiger partial charge is 0.444 e. The van der Waals surface area contributed by atoms with Crippen molar-refractivity contribution in [2.45, 2.75) is 51.1 Å².